The van der Waals surface area contributed by atoms with Gasteiger partial charge in [-0.25, -0.2) is 8.78 Å². The highest BCUT2D eigenvalue weighted by Gasteiger charge is 2.11. The van der Waals surface area contributed by atoms with Crippen LogP contribution in [0.15, 0.2) is 30.9 Å². The highest BCUT2D eigenvalue weighted by Crippen LogP contribution is 2.19. The highest BCUT2D eigenvalue weighted by molar-refractivity contribution is 5.22. The van der Waals surface area contributed by atoms with Gasteiger partial charge in [0.2, 0.25) is 0 Å². The molecule has 3 heteroatoms. The summed E-state index contributed by atoms with van der Waals surface area (Å²) in [5, 5.41) is 3.24. The summed E-state index contributed by atoms with van der Waals surface area (Å²) in [5.41, 5.74) is 0.630. The maximum Gasteiger partial charge on any atom is 0.126 e. The molecule has 0 aliphatic carbocycles. The molecule has 0 fully saturated rings. The Morgan fingerprint density at radius 1 is 1.31 bits per heavy atom. The number of benzene rings is 1. The zero-order chi connectivity index (χ0) is 12.0. The van der Waals surface area contributed by atoms with Crippen LogP contribution >= 0.6 is 0 Å². The molecule has 0 heterocycles. The Bertz CT molecular complexity index is 330. The topological polar surface area (TPSA) is 12.0 Å². The van der Waals surface area contributed by atoms with Crippen LogP contribution in [0.2, 0.25) is 0 Å². The fourth-order valence-electron chi connectivity index (χ4n) is 1.60. The van der Waals surface area contributed by atoms with Crippen molar-refractivity contribution in [1.29, 1.82) is 0 Å². The molecule has 1 N–H and O–H groups in total. The molecule has 0 saturated carbocycles. The van der Waals surface area contributed by atoms with E-state index in [-0.39, 0.29) is 6.04 Å². The molecule has 1 nitrogen and oxygen atoms in total. The molecule has 0 aliphatic heterocycles. The van der Waals surface area contributed by atoms with Crippen molar-refractivity contribution in [3.8, 4) is 0 Å². The first-order valence-electron chi connectivity index (χ1n) is 5.47. The molecule has 0 bridgehead atoms. The molecule has 0 spiro atoms. The summed E-state index contributed by atoms with van der Waals surface area (Å²) in [7, 11) is 0. The Labute approximate surface area is 95.2 Å². The summed E-state index contributed by atoms with van der Waals surface area (Å²) in [4.78, 5) is 0. The number of rotatable bonds is 6. The van der Waals surface area contributed by atoms with Crippen molar-refractivity contribution in [1.82, 2.24) is 5.32 Å². The van der Waals surface area contributed by atoms with E-state index < -0.39 is 11.6 Å². The SMILES string of the molecule is C=CCC(NCCC)c1cc(F)cc(F)c1. The van der Waals surface area contributed by atoms with Crippen LogP contribution in [0.5, 0.6) is 0 Å². The van der Waals surface area contributed by atoms with E-state index in [2.05, 4.69) is 11.9 Å². The van der Waals surface area contributed by atoms with Gasteiger partial charge in [0.1, 0.15) is 11.6 Å². The lowest BCUT2D eigenvalue weighted by atomic mass is 10.0. The Morgan fingerprint density at radius 3 is 2.44 bits per heavy atom. The van der Waals surface area contributed by atoms with Crippen molar-refractivity contribution in [2.45, 2.75) is 25.8 Å². The molecule has 0 saturated heterocycles. The average Bonchev–Trinajstić information content (AvgIpc) is 2.22. The minimum atomic E-state index is -0.539. The summed E-state index contributed by atoms with van der Waals surface area (Å²) < 4.78 is 26.1. The fraction of sp³-hybridized carbons (Fsp3) is 0.385. The van der Waals surface area contributed by atoms with E-state index in [0.717, 1.165) is 19.0 Å². The second kappa shape index (κ2) is 6.38. The van der Waals surface area contributed by atoms with E-state index in [4.69, 9.17) is 0 Å². The predicted molar refractivity (Wildman–Crippen MR) is 62.2 cm³/mol. The highest BCUT2D eigenvalue weighted by atomic mass is 19.1. The molecule has 1 unspecified atom stereocenters. The van der Waals surface area contributed by atoms with Gasteiger partial charge in [0.25, 0.3) is 0 Å². The lowest BCUT2D eigenvalue weighted by Crippen LogP contribution is -2.21. The first-order chi connectivity index (χ1) is 7.67. The van der Waals surface area contributed by atoms with Crippen molar-refractivity contribution in [2.75, 3.05) is 6.54 Å². The van der Waals surface area contributed by atoms with Crippen molar-refractivity contribution in [3.05, 3.63) is 48.1 Å². The summed E-state index contributed by atoms with van der Waals surface area (Å²) in [6.07, 6.45) is 3.38. The van der Waals surface area contributed by atoms with Crippen LogP contribution < -0.4 is 5.32 Å². The van der Waals surface area contributed by atoms with Crippen LogP contribution in [-0.2, 0) is 0 Å². The molecule has 1 rings (SSSR count). The molecular formula is C13H17F2N. The molecule has 0 radical (unpaired) electrons. The third-order valence-corrected chi connectivity index (χ3v) is 2.33. The predicted octanol–water partition coefficient (Wildman–Crippen LogP) is 3.58. The summed E-state index contributed by atoms with van der Waals surface area (Å²) in [5.74, 6) is -1.08. The van der Waals surface area contributed by atoms with Crippen LogP contribution in [0.25, 0.3) is 0 Å². The summed E-state index contributed by atoms with van der Waals surface area (Å²) in [6.45, 7) is 6.51. The molecule has 1 aromatic rings. The largest absolute Gasteiger partial charge is 0.310 e. The monoisotopic (exact) mass is 225 g/mol. The second-order valence-corrected chi connectivity index (χ2v) is 3.73. The molecule has 16 heavy (non-hydrogen) atoms. The van der Waals surface area contributed by atoms with Gasteiger partial charge in [-0.3, -0.25) is 0 Å². The Hall–Kier alpha value is -1.22. The molecule has 0 amide bonds. The third-order valence-electron chi connectivity index (χ3n) is 2.33. The van der Waals surface area contributed by atoms with Gasteiger partial charge in [-0.2, -0.15) is 0 Å². The van der Waals surface area contributed by atoms with Gasteiger partial charge in [0, 0.05) is 12.1 Å². The van der Waals surface area contributed by atoms with Crippen LogP contribution in [0.4, 0.5) is 8.78 Å². The number of hydrogen-bond donors (Lipinski definition) is 1. The van der Waals surface area contributed by atoms with Gasteiger partial charge in [-0.15, -0.1) is 6.58 Å². The standard InChI is InChI=1S/C13H17F2N/c1-3-5-13(16-6-4-2)10-7-11(14)9-12(15)8-10/h3,7-9,13,16H,1,4-6H2,2H3. The van der Waals surface area contributed by atoms with Gasteiger partial charge in [-0.05, 0) is 37.1 Å². The van der Waals surface area contributed by atoms with E-state index in [1.807, 2.05) is 6.92 Å². The van der Waals surface area contributed by atoms with Gasteiger partial charge in [0.05, 0.1) is 0 Å². The van der Waals surface area contributed by atoms with E-state index in [0.29, 0.717) is 12.0 Å². The normalized spacial score (nSPS) is 12.4. The maximum atomic E-state index is 13.1. The summed E-state index contributed by atoms with van der Waals surface area (Å²) in [6, 6.07) is 3.54. The first kappa shape index (κ1) is 12.8. The zero-order valence-corrected chi connectivity index (χ0v) is 9.47. The van der Waals surface area contributed by atoms with Crippen LogP contribution in [0.3, 0.4) is 0 Å². The van der Waals surface area contributed by atoms with E-state index >= 15 is 0 Å². The molecule has 1 aromatic carbocycles. The van der Waals surface area contributed by atoms with Gasteiger partial charge >= 0.3 is 0 Å². The van der Waals surface area contributed by atoms with Crippen LogP contribution in [-0.4, -0.2) is 6.54 Å². The Morgan fingerprint density at radius 2 is 1.94 bits per heavy atom. The first-order valence-corrected chi connectivity index (χ1v) is 5.47. The van der Waals surface area contributed by atoms with Crippen molar-refractivity contribution < 1.29 is 8.78 Å². The minimum Gasteiger partial charge on any atom is -0.310 e. The number of hydrogen-bond acceptors (Lipinski definition) is 1. The van der Waals surface area contributed by atoms with Gasteiger partial charge < -0.3 is 5.32 Å². The minimum absolute atomic E-state index is 0.0670. The third kappa shape index (κ3) is 3.74. The summed E-state index contributed by atoms with van der Waals surface area (Å²) >= 11 is 0. The van der Waals surface area contributed by atoms with Gasteiger partial charge in [-0.1, -0.05) is 13.0 Å². The fourth-order valence-corrected chi connectivity index (χ4v) is 1.60. The van der Waals surface area contributed by atoms with E-state index in [9.17, 15) is 8.78 Å². The molecular weight excluding hydrogens is 208 g/mol. The molecule has 1 atom stereocenters. The van der Waals surface area contributed by atoms with Crippen molar-refractivity contribution in [3.63, 3.8) is 0 Å². The lowest BCUT2D eigenvalue weighted by Gasteiger charge is -2.17. The molecule has 88 valence electrons. The molecule has 0 aliphatic rings. The second-order valence-electron chi connectivity index (χ2n) is 3.73. The lowest BCUT2D eigenvalue weighted by molar-refractivity contribution is 0.521. The Balaban J connectivity index is 2.86. The number of nitrogens with one attached hydrogen (secondary N) is 1. The Kier molecular flexibility index (Phi) is 5.12. The van der Waals surface area contributed by atoms with Gasteiger partial charge in [0.15, 0.2) is 0 Å². The average molecular weight is 225 g/mol. The maximum absolute atomic E-state index is 13.1. The van der Waals surface area contributed by atoms with E-state index in [1.165, 1.54) is 12.1 Å². The molecule has 0 aromatic heterocycles. The van der Waals surface area contributed by atoms with Crippen LogP contribution in [0, 0.1) is 11.6 Å². The quantitative estimate of drug-likeness (QED) is 0.730. The zero-order valence-electron chi connectivity index (χ0n) is 9.47. The van der Waals surface area contributed by atoms with Crippen LogP contribution in [0.1, 0.15) is 31.4 Å². The van der Waals surface area contributed by atoms with Crippen molar-refractivity contribution in [2.24, 2.45) is 0 Å². The van der Waals surface area contributed by atoms with E-state index in [1.54, 1.807) is 6.08 Å². The van der Waals surface area contributed by atoms with Crippen molar-refractivity contribution >= 4 is 0 Å². The smallest absolute Gasteiger partial charge is 0.126 e. The number of halogens is 2.